The van der Waals surface area contributed by atoms with E-state index in [1.165, 1.54) is 0 Å². The summed E-state index contributed by atoms with van der Waals surface area (Å²) in [7, 11) is 0. The Morgan fingerprint density at radius 2 is 2.20 bits per heavy atom. The van der Waals surface area contributed by atoms with E-state index >= 15 is 0 Å². The molecule has 15 heavy (non-hydrogen) atoms. The molecule has 0 aromatic heterocycles. The van der Waals surface area contributed by atoms with E-state index in [1.54, 1.807) is 11.8 Å². The maximum atomic E-state index is 11.6. The number of nitrogens with one attached hydrogen (secondary N) is 1. The van der Waals surface area contributed by atoms with E-state index in [2.05, 4.69) is 5.32 Å². The lowest BCUT2D eigenvalue weighted by Crippen LogP contribution is -2.26. The van der Waals surface area contributed by atoms with Crippen molar-refractivity contribution < 1.29 is 4.79 Å². The van der Waals surface area contributed by atoms with E-state index in [0.717, 1.165) is 10.6 Å². The summed E-state index contributed by atoms with van der Waals surface area (Å²) in [5, 5.41) is 2.87. The summed E-state index contributed by atoms with van der Waals surface area (Å²) in [6, 6.07) is 7.73. The molecule has 3 nitrogen and oxygen atoms in total. The number of para-hydroxylation sites is 1. The van der Waals surface area contributed by atoms with Crippen molar-refractivity contribution in [2.75, 3.05) is 18.1 Å². The Balaban J connectivity index is 2.76. The number of anilines is 1. The second-order valence-electron chi connectivity index (χ2n) is 3.33. The molecular weight excluding hydrogens is 208 g/mol. The van der Waals surface area contributed by atoms with E-state index < -0.39 is 0 Å². The van der Waals surface area contributed by atoms with Crippen LogP contribution in [0.15, 0.2) is 29.2 Å². The number of nitrogens with two attached hydrogens (primary N) is 1. The Bertz CT molecular complexity index is 341. The summed E-state index contributed by atoms with van der Waals surface area (Å²) in [6.45, 7) is 2.18. The molecule has 3 N–H and O–H groups in total. The van der Waals surface area contributed by atoms with Crippen molar-refractivity contribution in [1.82, 2.24) is 0 Å². The molecule has 0 bridgehead atoms. The van der Waals surface area contributed by atoms with Crippen LogP contribution in [0.2, 0.25) is 0 Å². The second kappa shape index (κ2) is 5.78. The number of rotatable bonds is 4. The Hall–Kier alpha value is -1.00. The minimum absolute atomic E-state index is 0.0287. The zero-order chi connectivity index (χ0) is 11.3. The number of amides is 1. The highest BCUT2D eigenvalue weighted by Gasteiger charge is 2.12. The van der Waals surface area contributed by atoms with Crippen molar-refractivity contribution in [1.29, 1.82) is 0 Å². The molecule has 1 aromatic carbocycles. The molecule has 0 aliphatic rings. The van der Waals surface area contributed by atoms with Gasteiger partial charge in [0, 0.05) is 17.4 Å². The molecule has 0 heterocycles. The normalized spacial score (nSPS) is 12.2. The van der Waals surface area contributed by atoms with Gasteiger partial charge in [-0.25, -0.2) is 0 Å². The van der Waals surface area contributed by atoms with Crippen LogP contribution in [-0.2, 0) is 4.79 Å². The first-order valence-corrected chi connectivity index (χ1v) is 6.05. The Labute approximate surface area is 94.4 Å². The van der Waals surface area contributed by atoms with Crippen molar-refractivity contribution in [2.45, 2.75) is 11.8 Å². The minimum Gasteiger partial charge on any atom is -0.330 e. The predicted molar refractivity (Wildman–Crippen MR) is 65.1 cm³/mol. The van der Waals surface area contributed by atoms with Gasteiger partial charge in [-0.1, -0.05) is 19.1 Å². The summed E-state index contributed by atoms with van der Waals surface area (Å²) < 4.78 is 0. The van der Waals surface area contributed by atoms with Gasteiger partial charge in [-0.15, -0.1) is 11.8 Å². The standard InChI is InChI=1S/C11H16N2OS/c1-8(7-12)11(14)13-9-5-3-4-6-10(9)15-2/h3-6,8H,7,12H2,1-2H3,(H,13,14). The number of hydrogen-bond donors (Lipinski definition) is 2. The predicted octanol–water partition coefficient (Wildman–Crippen LogP) is 1.94. The van der Waals surface area contributed by atoms with Gasteiger partial charge in [0.1, 0.15) is 0 Å². The average molecular weight is 224 g/mol. The van der Waals surface area contributed by atoms with Gasteiger partial charge in [-0.3, -0.25) is 4.79 Å². The highest BCUT2D eigenvalue weighted by Crippen LogP contribution is 2.24. The van der Waals surface area contributed by atoms with E-state index in [9.17, 15) is 4.79 Å². The zero-order valence-corrected chi connectivity index (χ0v) is 9.80. The van der Waals surface area contributed by atoms with Gasteiger partial charge in [0.25, 0.3) is 0 Å². The summed E-state index contributed by atoms with van der Waals surface area (Å²) in [5.41, 5.74) is 6.29. The quantitative estimate of drug-likeness (QED) is 0.768. The fourth-order valence-electron chi connectivity index (χ4n) is 1.11. The lowest BCUT2D eigenvalue weighted by Gasteiger charge is -2.12. The van der Waals surface area contributed by atoms with E-state index in [4.69, 9.17) is 5.73 Å². The van der Waals surface area contributed by atoms with Crippen LogP contribution in [0.1, 0.15) is 6.92 Å². The Morgan fingerprint density at radius 3 is 2.80 bits per heavy atom. The topological polar surface area (TPSA) is 55.1 Å². The van der Waals surface area contributed by atoms with E-state index in [1.807, 2.05) is 37.4 Å². The second-order valence-corrected chi connectivity index (χ2v) is 4.17. The maximum absolute atomic E-state index is 11.6. The molecule has 4 heteroatoms. The zero-order valence-electron chi connectivity index (χ0n) is 8.99. The molecule has 82 valence electrons. The van der Waals surface area contributed by atoms with Gasteiger partial charge in [-0.05, 0) is 18.4 Å². The lowest BCUT2D eigenvalue weighted by molar-refractivity contribution is -0.119. The van der Waals surface area contributed by atoms with Crippen molar-refractivity contribution >= 4 is 23.4 Å². The molecular formula is C11H16N2OS. The van der Waals surface area contributed by atoms with Crippen LogP contribution in [0.3, 0.4) is 0 Å². The number of carbonyl (C=O) groups excluding carboxylic acids is 1. The summed E-state index contributed by atoms with van der Waals surface area (Å²) in [4.78, 5) is 12.7. The molecule has 0 saturated heterocycles. The van der Waals surface area contributed by atoms with Crippen LogP contribution in [-0.4, -0.2) is 18.7 Å². The van der Waals surface area contributed by atoms with Gasteiger partial charge in [0.2, 0.25) is 5.91 Å². The van der Waals surface area contributed by atoms with Crippen LogP contribution >= 0.6 is 11.8 Å². The monoisotopic (exact) mass is 224 g/mol. The number of thioether (sulfide) groups is 1. The molecule has 0 fully saturated rings. The third kappa shape index (κ3) is 3.25. The molecule has 1 atom stereocenters. The highest BCUT2D eigenvalue weighted by molar-refractivity contribution is 7.98. The fraction of sp³-hybridized carbons (Fsp3) is 0.364. The molecule has 1 unspecified atom stereocenters. The largest absolute Gasteiger partial charge is 0.330 e. The average Bonchev–Trinajstić information content (AvgIpc) is 2.28. The van der Waals surface area contributed by atoms with Crippen LogP contribution < -0.4 is 11.1 Å². The highest BCUT2D eigenvalue weighted by atomic mass is 32.2. The number of benzene rings is 1. The maximum Gasteiger partial charge on any atom is 0.228 e. The Morgan fingerprint density at radius 1 is 1.53 bits per heavy atom. The van der Waals surface area contributed by atoms with Gasteiger partial charge < -0.3 is 11.1 Å². The number of hydrogen-bond acceptors (Lipinski definition) is 3. The van der Waals surface area contributed by atoms with Crippen molar-refractivity contribution in [2.24, 2.45) is 11.7 Å². The summed E-state index contributed by atoms with van der Waals surface area (Å²) >= 11 is 1.61. The van der Waals surface area contributed by atoms with Gasteiger partial charge >= 0.3 is 0 Å². The summed E-state index contributed by atoms with van der Waals surface area (Å²) in [6.07, 6.45) is 1.98. The fourth-order valence-corrected chi connectivity index (χ4v) is 1.66. The molecule has 1 aromatic rings. The molecule has 0 aliphatic heterocycles. The third-order valence-corrected chi connectivity index (χ3v) is 2.96. The SMILES string of the molecule is CSc1ccccc1NC(=O)C(C)CN. The smallest absolute Gasteiger partial charge is 0.228 e. The molecule has 1 amide bonds. The first kappa shape index (κ1) is 12.1. The van der Waals surface area contributed by atoms with Crippen LogP contribution in [0.4, 0.5) is 5.69 Å². The molecule has 0 saturated carbocycles. The first-order valence-electron chi connectivity index (χ1n) is 4.83. The molecule has 0 spiro atoms. The minimum atomic E-state index is -0.153. The van der Waals surface area contributed by atoms with Crippen molar-refractivity contribution in [3.8, 4) is 0 Å². The van der Waals surface area contributed by atoms with Gasteiger partial charge in [0.05, 0.1) is 5.69 Å². The lowest BCUT2D eigenvalue weighted by atomic mass is 10.1. The first-order chi connectivity index (χ1) is 7.19. The van der Waals surface area contributed by atoms with Gasteiger partial charge in [-0.2, -0.15) is 0 Å². The summed E-state index contributed by atoms with van der Waals surface area (Å²) in [5.74, 6) is -0.182. The van der Waals surface area contributed by atoms with Crippen molar-refractivity contribution in [3.63, 3.8) is 0 Å². The van der Waals surface area contributed by atoms with E-state index in [0.29, 0.717) is 6.54 Å². The van der Waals surface area contributed by atoms with Crippen molar-refractivity contribution in [3.05, 3.63) is 24.3 Å². The molecule has 0 radical (unpaired) electrons. The Kier molecular flexibility index (Phi) is 4.65. The van der Waals surface area contributed by atoms with Gasteiger partial charge in [0.15, 0.2) is 0 Å². The third-order valence-electron chi connectivity index (χ3n) is 2.17. The van der Waals surface area contributed by atoms with E-state index in [-0.39, 0.29) is 11.8 Å². The van der Waals surface area contributed by atoms with Crippen LogP contribution in [0.25, 0.3) is 0 Å². The van der Waals surface area contributed by atoms with Crippen LogP contribution in [0, 0.1) is 5.92 Å². The van der Waals surface area contributed by atoms with Crippen LogP contribution in [0.5, 0.6) is 0 Å². The molecule has 1 rings (SSSR count). The molecule has 0 aliphatic carbocycles. The number of carbonyl (C=O) groups is 1.